The minimum absolute atomic E-state index is 0.0835. The second kappa shape index (κ2) is 3.34. The van der Waals surface area contributed by atoms with Crippen LogP contribution in [0.5, 0.6) is 0 Å². The molecule has 0 aromatic heterocycles. The zero-order valence-corrected chi connectivity index (χ0v) is 7.11. The van der Waals surface area contributed by atoms with E-state index in [4.69, 9.17) is 0 Å². The predicted molar refractivity (Wildman–Crippen MR) is 47.1 cm³/mol. The first-order valence-electron chi connectivity index (χ1n) is 3.72. The maximum atomic E-state index is 10.5. The number of carbonyl (C=O) groups is 1. The van der Waals surface area contributed by atoms with Gasteiger partial charge in [0.05, 0.1) is 11.6 Å². The number of nitrogens with zero attached hydrogens (tertiary/aromatic N) is 1. The Morgan fingerprint density at radius 1 is 1.58 bits per heavy atom. The van der Waals surface area contributed by atoms with Crippen LogP contribution in [0.15, 0.2) is 28.6 Å². The Kier molecular flexibility index (Phi) is 2.43. The first-order chi connectivity index (χ1) is 5.65. The summed E-state index contributed by atoms with van der Waals surface area (Å²) < 4.78 is 0. The second-order valence-corrected chi connectivity index (χ2v) is 2.80. The average molecular weight is 165 g/mol. The smallest absolute Gasteiger partial charge is 0.133 e. The monoisotopic (exact) mass is 165 g/mol. The molecule has 0 saturated heterocycles. The van der Waals surface area contributed by atoms with E-state index < -0.39 is 0 Å². The zero-order valence-electron chi connectivity index (χ0n) is 7.11. The maximum Gasteiger partial charge on any atom is 0.133 e. The van der Waals surface area contributed by atoms with Crippen molar-refractivity contribution in [3.8, 4) is 0 Å². The highest BCUT2D eigenvalue weighted by molar-refractivity contribution is 5.97. The first kappa shape index (κ1) is 8.71. The zero-order chi connectivity index (χ0) is 9.14. The van der Waals surface area contributed by atoms with Gasteiger partial charge in [-0.05, 0) is 25.5 Å². The van der Waals surface area contributed by atoms with E-state index in [1.54, 1.807) is 13.1 Å². The summed E-state index contributed by atoms with van der Waals surface area (Å²) in [5, 5.41) is 9.32. The van der Waals surface area contributed by atoms with Crippen molar-refractivity contribution in [3.05, 3.63) is 23.6 Å². The molecule has 12 heavy (non-hydrogen) atoms. The summed E-state index contributed by atoms with van der Waals surface area (Å²) in [6.45, 7) is 3.51. The van der Waals surface area contributed by atoms with Crippen molar-refractivity contribution in [3.63, 3.8) is 0 Å². The van der Waals surface area contributed by atoms with Crippen molar-refractivity contribution < 1.29 is 9.90 Å². The van der Waals surface area contributed by atoms with Crippen molar-refractivity contribution in [1.29, 1.82) is 0 Å². The van der Waals surface area contributed by atoms with Crippen LogP contribution in [0.1, 0.15) is 13.8 Å². The molecule has 1 atom stereocenters. The molecule has 0 spiro atoms. The molecule has 1 rings (SSSR count). The summed E-state index contributed by atoms with van der Waals surface area (Å²) in [7, 11) is 0. The average Bonchev–Trinajstić information content (AvgIpc) is 2.18. The fourth-order valence-corrected chi connectivity index (χ4v) is 0.920. The number of aldehydes is 1. The highest BCUT2D eigenvalue weighted by Gasteiger charge is 2.11. The molecule has 3 heteroatoms. The molecule has 0 aromatic rings. The Labute approximate surface area is 71.1 Å². The van der Waals surface area contributed by atoms with Gasteiger partial charge in [0.25, 0.3) is 0 Å². The van der Waals surface area contributed by atoms with Crippen LogP contribution in [0, 0.1) is 5.92 Å². The maximum absolute atomic E-state index is 10.5. The Morgan fingerprint density at radius 2 is 2.25 bits per heavy atom. The SMILES string of the molecule is CC1=CN=C(C)C(O)=CC1C=O. The van der Waals surface area contributed by atoms with Gasteiger partial charge in [-0.1, -0.05) is 0 Å². The van der Waals surface area contributed by atoms with Gasteiger partial charge in [-0.15, -0.1) is 0 Å². The Hall–Kier alpha value is -1.38. The molecule has 0 aromatic carbocycles. The van der Waals surface area contributed by atoms with Crippen LogP contribution in [-0.2, 0) is 4.79 Å². The number of aliphatic hydroxyl groups excluding tert-OH is 1. The summed E-state index contributed by atoms with van der Waals surface area (Å²) in [5.41, 5.74) is 1.38. The molecular weight excluding hydrogens is 154 g/mol. The Balaban J connectivity index is 3.06. The number of hydrogen-bond acceptors (Lipinski definition) is 3. The van der Waals surface area contributed by atoms with Crippen molar-refractivity contribution in [2.24, 2.45) is 10.9 Å². The van der Waals surface area contributed by atoms with Gasteiger partial charge in [0.15, 0.2) is 0 Å². The third-order valence-corrected chi connectivity index (χ3v) is 1.84. The molecule has 3 nitrogen and oxygen atoms in total. The number of hydrogen-bond donors (Lipinski definition) is 1. The van der Waals surface area contributed by atoms with Crippen molar-refractivity contribution in [2.45, 2.75) is 13.8 Å². The summed E-state index contributed by atoms with van der Waals surface area (Å²) in [5.74, 6) is -0.258. The lowest BCUT2D eigenvalue weighted by atomic mass is 10.0. The normalized spacial score (nSPS) is 23.5. The number of aliphatic imine (C=N–C) groups is 1. The second-order valence-electron chi connectivity index (χ2n) is 2.80. The minimum Gasteiger partial charge on any atom is -0.506 e. The number of rotatable bonds is 1. The van der Waals surface area contributed by atoms with E-state index in [0.29, 0.717) is 5.71 Å². The van der Waals surface area contributed by atoms with Crippen LogP contribution >= 0.6 is 0 Å². The van der Waals surface area contributed by atoms with Crippen LogP contribution in [0.25, 0.3) is 0 Å². The predicted octanol–water partition coefficient (Wildman–Crippen LogP) is 1.62. The number of allylic oxidation sites excluding steroid dienone is 3. The van der Waals surface area contributed by atoms with Crippen molar-refractivity contribution in [1.82, 2.24) is 0 Å². The lowest BCUT2D eigenvalue weighted by Crippen LogP contribution is -2.01. The largest absolute Gasteiger partial charge is 0.506 e. The quantitative estimate of drug-likeness (QED) is 0.600. The van der Waals surface area contributed by atoms with E-state index >= 15 is 0 Å². The van der Waals surface area contributed by atoms with Crippen LogP contribution in [0.3, 0.4) is 0 Å². The van der Waals surface area contributed by atoms with Gasteiger partial charge in [0, 0.05) is 6.20 Å². The fourth-order valence-electron chi connectivity index (χ4n) is 0.920. The minimum atomic E-state index is -0.341. The number of carbonyl (C=O) groups excluding carboxylic acids is 1. The first-order valence-corrected chi connectivity index (χ1v) is 3.72. The molecule has 0 saturated carbocycles. The van der Waals surface area contributed by atoms with Crippen molar-refractivity contribution in [2.75, 3.05) is 0 Å². The summed E-state index contributed by atoms with van der Waals surface area (Å²) >= 11 is 0. The van der Waals surface area contributed by atoms with Crippen LogP contribution < -0.4 is 0 Å². The van der Waals surface area contributed by atoms with Crippen LogP contribution in [0.4, 0.5) is 0 Å². The standard InChI is InChI=1S/C9H11NO2/c1-6-4-10-7(2)9(12)3-8(6)5-11/h3-5,8,12H,1-2H3. The van der Waals surface area contributed by atoms with Gasteiger partial charge in [-0.2, -0.15) is 0 Å². The van der Waals surface area contributed by atoms with Gasteiger partial charge in [0.1, 0.15) is 12.0 Å². The van der Waals surface area contributed by atoms with E-state index in [1.165, 1.54) is 6.08 Å². The summed E-state index contributed by atoms with van der Waals surface area (Å²) in [4.78, 5) is 14.5. The molecule has 0 radical (unpaired) electrons. The molecule has 1 aliphatic heterocycles. The highest BCUT2D eigenvalue weighted by atomic mass is 16.3. The topological polar surface area (TPSA) is 49.7 Å². The summed E-state index contributed by atoms with van der Waals surface area (Å²) in [6.07, 6.45) is 3.90. The van der Waals surface area contributed by atoms with Gasteiger partial charge in [-0.25, -0.2) is 0 Å². The molecule has 1 N–H and O–H groups in total. The summed E-state index contributed by atoms with van der Waals surface area (Å²) in [6, 6.07) is 0. The van der Waals surface area contributed by atoms with E-state index in [9.17, 15) is 9.90 Å². The van der Waals surface area contributed by atoms with Gasteiger partial charge in [-0.3, -0.25) is 4.99 Å². The molecule has 0 bridgehead atoms. The molecule has 0 aliphatic carbocycles. The lowest BCUT2D eigenvalue weighted by molar-refractivity contribution is -0.109. The molecule has 1 aliphatic rings. The van der Waals surface area contributed by atoms with E-state index in [2.05, 4.69) is 4.99 Å². The third kappa shape index (κ3) is 1.61. The molecule has 1 unspecified atom stereocenters. The van der Waals surface area contributed by atoms with E-state index in [-0.39, 0.29) is 11.7 Å². The molecule has 0 fully saturated rings. The molecule has 64 valence electrons. The Morgan fingerprint density at radius 3 is 2.83 bits per heavy atom. The molecule has 1 heterocycles. The lowest BCUT2D eigenvalue weighted by Gasteiger charge is -2.01. The Bertz CT molecular complexity index is 287. The highest BCUT2D eigenvalue weighted by Crippen LogP contribution is 2.15. The van der Waals surface area contributed by atoms with Crippen molar-refractivity contribution >= 4 is 12.0 Å². The van der Waals surface area contributed by atoms with Crippen LogP contribution in [0.2, 0.25) is 0 Å². The third-order valence-electron chi connectivity index (χ3n) is 1.84. The van der Waals surface area contributed by atoms with Gasteiger partial charge in [0.2, 0.25) is 0 Å². The fraction of sp³-hybridized carbons (Fsp3) is 0.333. The molecular formula is C9H11NO2. The van der Waals surface area contributed by atoms with Gasteiger partial charge < -0.3 is 9.90 Å². The number of aliphatic hydroxyl groups is 1. The molecule has 0 amide bonds. The van der Waals surface area contributed by atoms with E-state index in [1.807, 2.05) is 6.92 Å². The van der Waals surface area contributed by atoms with E-state index in [0.717, 1.165) is 11.9 Å². The van der Waals surface area contributed by atoms with Gasteiger partial charge >= 0.3 is 0 Å². The van der Waals surface area contributed by atoms with Crippen LogP contribution in [-0.4, -0.2) is 17.1 Å².